The maximum Gasteiger partial charge on any atom is 0.275 e. The third-order valence-electron chi connectivity index (χ3n) is 3.00. The van der Waals surface area contributed by atoms with Gasteiger partial charge in [-0.1, -0.05) is 0 Å². The van der Waals surface area contributed by atoms with Crippen LogP contribution in [0.4, 0.5) is 13.2 Å². The van der Waals surface area contributed by atoms with Gasteiger partial charge >= 0.3 is 0 Å². The van der Waals surface area contributed by atoms with Crippen molar-refractivity contribution in [2.75, 3.05) is 13.1 Å². The van der Waals surface area contributed by atoms with E-state index in [9.17, 15) is 13.2 Å². The van der Waals surface area contributed by atoms with E-state index in [1.807, 2.05) is 0 Å². The van der Waals surface area contributed by atoms with Crippen molar-refractivity contribution >= 4 is 0 Å². The van der Waals surface area contributed by atoms with Crippen LogP contribution in [0.1, 0.15) is 19.3 Å². The van der Waals surface area contributed by atoms with Crippen molar-refractivity contribution in [3.8, 4) is 0 Å². The molecule has 2 aliphatic rings. The Morgan fingerprint density at radius 1 is 1.29 bits per heavy atom. The lowest BCUT2D eigenvalue weighted by atomic mass is 9.88. The summed E-state index contributed by atoms with van der Waals surface area (Å²) in [6.45, 7) is 0.343. The van der Waals surface area contributed by atoms with Crippen LogP contribution >= 0.6 is 0 Å². The Morgan fingerprint density at radius 3 is 2.57 bits per heavy atom. The molecule has 0 bridgehead atoms. The molecule has 1 saturated carbocycles. The number of hydrogen-bond acceptors (Lipinski definition) is 2. The fraction of sp³-hybridized carbons (Fsp3) is 1.00. The van der Waals surface area contributed by atoms with Gasteiger partial charge < -0.3 is 10.6 Å². The SMILES string of the molecule is FC1CC(NC2CCNCC2(F)F)C1. The molecule has 0 amide bonds. The molecule has 2 nitrogen and oxygen atoms in total. The van der Waals surface area contributed by atoms with E-state index in [2.05, 4.69) is 10.6 Å². The first-order valence-corrected chi connectivity index (χ1v) is 5.06. The van der Waals surface area contributed by atoms with Crippen LogP contribution in [-0.2, 0) is 0 Å². The Morgan fingerprint density at radius 2 is 2.00 bits per heavy atom. The van der Waals surface area contributed by atoms with Crippen LogP contribution in [0.5, 0.6) is 0 Å². The third-order valence-corrected chi connectivity index (χ3v) is 3.00. The first-order valence-electron chi connectivity index (χ1n) is 5.06. The molecule has 1 atom stereocenters. The average molecular weight is 208 g/mol. The monoisotopic (exact) mass is 208 g/mol. The molecule has 14 heavy (non-hydrogen) atoms. The highest BCUT2D eigenvalue weighted by molar-refractivity contribution is 4.95. The minimum atomic E-state index is -2.69. The molecule has 2 rings (SSSR count). The van der Waals surface area contributed by atoms with Gasteiger partial charge in [-0.05, 0) is 25.8 Å². The molecule has 1 unspecified atom stereocenters. The number of hydrogen-bond donors (Lipinski definition) is 2. The predicted molar refractivity (Wildman–Crippen MR) is 47.3 cm³/mol. The fourth-order valence-electron chi connectivity index (χ4n) is 2.01. The molecular formula is C9H15F3N2. The quantitative estimate of drug-likeness (QED) is 0.709. The Hall–Kier alpha value is -0.290. The maximum absolute atomic E-state index is 13.3. The number of rotatable bonds is 2. The summed E-state index contributed by atoms with van der Waals surface area (Å²) >= 11 is 0. The van der Waals surface area contributed by atoms with Crippen LogP contribution in [-0.4, -0.2) is 37.3 Å². The van der Waals surface area contributed by atoms with E-state index in [-0.39, 0.29) is 12.6 Å². The zero-order chi connectivity index (χ0) is 10.2. The second-order valence-corrected chi connectivity index (χ2v) is 4.21. The van der Waals surface area contributed by atoms with E-state index in [4.69, 9.17) is 0 Å². The van der Waals surface area contributed by atoms with Gasteiger partial charge in [0.15, 0.2) is 0 Å². The first-order chi connectivity index (χ1) is 6.58. The Bertz CT molecular complexity index is 204. The van der Waals surface area contributed by atoms with E-state index < -0.39 is 18.1 Å². The molecule has 0 spiro atoms. The molecule has 1 aliphatic heterocycles. The number of halogens is 3. The average Bonchev–Trinajstić information content (AvgIpc) is 2.05. The normalized spacial score (nSPS) is 41.8. The van der Waals surface area contributed by atoms with Crippen LogP contribution < -0.4 is 10.6 Å². The van der Waals surface area contributed by atoms with Crippen LogP contribution in [0.2, 0.25) is 0 Å². The molecule has 5 heteroatoms. The van der Waals surface area contributed by atoms with E-state index >= 15 is 0 Å². The van der Waals surface area contributed by atoms with Crippen LogP contribution in [0, 0.1) is 0 Å². The zero-order valence-corrected chi connectivity index (χ0v) is 7.90. The summed E-state index contributed by atoms with van der Waals surface area (Å²) < 4.78 is 39.0. The van der Waals surface area contributed by atoms with Crippen LogP contribution in [0.25, 0.3) is 0 Å². The summed E-state index contributed by atoms with van der Waals surface area (Å²) in [5.41, 5.74) is 0. The molecule has 2 N–H and O–H groups in total. The van der Waals surface area contributed by atoms with E-state index in [1.165, 1.54) is 0 Å². The topological polar surface area (TPSA) is 24.1 Å². The molecular weight excluding hydrogens is 193 g/mol. The van der Waals surface area contributed by atoms with Gasteiger partial charge in [-0.15, -0.1) is 0 Å². The van der Waals surface area contributed by atoms with Gasteiger partial charge in [0.05, 0.1) is 12.6 Å². The highest BCUT2D eigenvalue weighted by Crippen LogP contribution is 2.28. The lowest BCUT2D eigenvalue weighted by Crippen LogP contribution is -2.60. The lowest BCUT2D eigenvalue weighted by Gasteiger charge is -2.39. The zero-order valence-electron chi connectivity index (χ0n) is 7.90. The van der Waals surface area contributed by atoms with Crippen molar-refractivity contribution in [1.82, 2.24) is 10.6 Å². The largest absolute Gasteiger partial charge is 0.311 e. The highest BCUT2D eigenvalue weighted by Gasteiger charge is 2.43. The van der Waals surface area contributed by atoms with E-state index in [1.54, 1.807) is 0 Å². The van der Waals surface area contributed by atoms with Gasteiger partial charge in [0.1, 0.15) is 6.17 Å². The molecule has 0 aromatic carbocycles. The first kappa shape index (κ1) is 10.2. The van der Waals surface area contributed by atoms with Gasteiger partial charge in [-0.25, -0.2) is 13.2 Å². The van der Waals surface area contributed by atoms with Crippen LogP contribution in [0.3, 0.4) is 0 Å². The van der Waals surface area contributed by atoms with Crippen molar-refractivity contribution in [1.29, 1.82) is 0 Å². The summed E-state index contributed by atoms with van der Waals surface area (Å²) in [5.74, 6) is -2.69. The minimum absolute atomic E-state index is 0.0426. The lowest BCUT2D eigenvalue weighted by molar-refractivity contribution is -0.0604. The molecule has 1 saturated heterocycles. The number of nitrogens with one attached hydrogen (secondary N) is 2. The second kappa shape index (κ2) is 3.70. The van der Waals surface area contributed by atoms with Crippen molar-refractivity contribution in [3.05, 3.63) is 0 Å². The van der Waals surface area contributed by atoms with Crippen molar-refractivity contribution < 1.29 is 13.2 Å². The summed E-state index contributed by atoms with van der Waals surface area (Å²) in [4.78, 5) is 0. The summed E-state index contributed by atoms with van der Waals surface area (Å²) in [7, 11) is 0. The van der Waals surface area contributed by atoms with Gasteiger partial charge in [0.25, 0.3) is 5.92 Å². The summed E-state index contributed by atoms with van der Waals surface area (Å²) in [6.07, 6.45) is 0.406. The van der Waals surface area contributed by atoms with Gasteiger partial charge in [-0.3, -0.25) is 0 Å². The Labute approximate surface area is 81.2 Å². The van der Waals surface area contributed by atoms with Gasteiger partial charge in [-0.2, -0.15) is 0 Å². The standard InChI is InChI=1S/C9H15F3N2/c10-6-3-7(4-6)14-8-1-2-13-5-9(8,11)12/h6-8,13-14H,1-5H2. The predicted octanol–water partition coefficient (Wildman–Crippen LogP) is 1.07. The Kier molecular flexibility index (Phi) is 2.70. The number of alkyl halides is 3. The van der Waals surface area contributed by atoms with Crippen molar-refractivity contribution in [2.24, 2.45) is 0 Å². The number of piperidine rings is 1. The Balaban J connectivity index is 1.83. The summed E-state index contributed by atoms with van der Waals surface area (Å²) in [5, 5.41) is 5.50. The van der Waals surface area contributed by atoms with Gasteiger partial charge in [0, 0.05) is 6.04 Å². The molecule has 1 heterocycles. The van der Waals surface area contributed by atoms with Crippen LogP contribution in [0.15, 0.2) is 0 Å². The fourth-order valence-corrected chi connectivity index (χ4v) is 2.01. The van der Waals surface area contributed by atoms with Gasteiger partial charge in [0.2, 0.25) is 0 Å². The highest BCUT2D eigenvalue weighted by atomic mass is 19.3. The summed E-state index contributed by atoms with van der Waals surface area (Å²) in [6, 6.07) is -0.819. The van der Waals surface area contributed by atoms with Crippen molar-refractivity contribution in [2.45, 2.75) is 43.4 Å². The van der Waals surface area contributed by atoms with E-state index in [0.29, 0.717) is 25.8 Å². The van der Waals surface area contributed by atoms with Crippen molar-refractivity contribution in [3.63, 3.8) is 0 Å². The molecule has 0 aromatic rings. The minimum Gasteiger partial charge on any atom is -0.311 e. The molecule has 82 valence electrons. The third kappa shape index (κ3) is 2.03. The molecule has 1 aliphatic carbocycles. The molecule has 2 fully saturated rings. The molecule has 0 aromatic heterocycles. The second-order valence-electron chi connectivity index (χ2n) is 4.21. The van der Waals surface area contributed by atoms with E-state index in [0.717, 1.165) is 0 Å². The molecule has 0 radical (unpaired) electrons. The smallest absolute Gasteiger partial charge is 0.275 e. The maximum atomic E-state index is 13.3.